The van der Waals surface area contributed by atoms with Gasteiger partial charge in [-0.25, -0.2) is 4.79 Å². The molecule has 0 fully saturated rings. The molecule has 0 spiro atoms. The number of carbonyl (C=O) groups excluding carboxylic acids is 2. The van der Waals surface area contributed by atoms with Crippen LogP contribution in [0.3, 0.4) is 0 Å². The average Bonchev–Trinajstić information content (AvgIpc) is 2.79. The number of nitrogens with two attached hydrogens (primary N) is 1. The molecule has 0 aliphatic heterocycles. The highest BCUT2D eigenvalue weighted by Crippen LogP contribution is 2.20. The zero-order valence-electron chi connectivity index (χ0n) is 17.1. The topological polar surface area (TPSA) is 113 Å². The fourth-order valence-corrected chi connectivity index (χ4v) is 3.72. The Morgan fingerprint density at radius 2 is 1.72 bits per heavy atom. The van der Waals surface area contributed by atoms with Crippen LogP contribution in [0, 0.1) is 0 Å². The van der Waals surface area contributed by atoms with Crippen molar-refractivity contribution in [2.75, 3.05) is 18.1 Å². The first kappa shape index (κ1) is 23.4. The standard InChI is InChI=1S/C22H20ClN3O5S/c1-25-21(29)19(20(24)26(22(25)30)11-14-5-3-2-4-6-14)17(27)12-31-18(28)13-32-16-9-7-15(23)8-10-16/h2-10H,11-13,24H2,1H3. The van der Waals surface area contributed by atoms with Crippen LogP contribution in [0.15, 0.2) is 69.1 Å². The Bertz CT molecular complexity index is 1250. The number of nitrogen functional groups attached to an aromatic ring is 1. The normalized spacial score (nSPS) is 10.7. The summed E-state index contributed by atoms with van der Waals surface area (Å²) in [5.74, 6) is -1.71. The predicted molar refractivity (Wildman–Crippen MR) is 123 cm³/mol. The molecule has 1 heterocycles. The van der Waals surface area contributed by atoms with Crippen LogP contribution in [0.25, 0.3) is 0 Å². The molecule has 32 heavy (non-hydrogen) atoms. The van der Waals surface area contributed by atoms with Crippen LogP contribution >= 0.6 is 23.4 Å². The van der Waals surface area contributed by atoms with Crippen LogP contribution < -0.4 is 17.0 Å². The molecule has 0 amide bonds. The van der Waals surface area contributed by atoms with Crippen molar-refractivity contribution in [3.05, 3.63) is 91.6 Å². The second-order valence-corrected chi connectivity index (χ2v) is 8.29. The van der Waals surface area contributed by atoms with Gasteiger partial charge in [0.2, 0.25) is 5.78 Å². The highest BCUT2D eigenvalue weighted by molar-refractivity contribution is 8.00. The van der Waals surface area contributed by atoms with Crippen molar-refractivity contribution in [2.45, 2.75) is 11.4 Å². The summed E-state index contributed by atoms with van der Waals surface area (Å²) < 4.78 is 6.97. The third-order valence-corrected chi connectivity index (χ3v) is 5.82. The van der Waals surface area contributed by atoms with Gasteiger partial charge < -0.3 is 10.5 Å². The summed E-state index contributed by atoms with van der Waals surface area (Å²) in [7, 11) is 1.26. The van der Waals surface area contributed by atoms with Gasteiger partial charge in [-0.15, -0.1) is 11.8 Å². The number of benzene rings is 2. The summed E-state index contributed by atoms with van der Waals surface area (Å²) in [6, 6.07) is 15.9. The Hall–Kier alpha value is -3.30. The maximum atomic E-state index is 12.7. The molecule has 0 bridgehead atoms. The quantitative estimate of drug-likeness (QED) is 0.303. The Morgan fingerprint density at radius 1 is 1.06 bits per heavy atom. The van der Waals surface area contributed by atoms with Gasteiger partial charge in [-0.2, -0.15) is 0 Å². The molecule has 8 nitrogen and oxygen atoms in total. The highest BCUT2D eigenvalue weighted by Gasteiger charge is 2.22. The largest absolute Gasteiger partial charge is 0.457 e. The van der Waals surface area contributed by atoms with Crippen molar-refractivity contribution >= 4 is 40.9 Å². The molecule has 1 aromatic heterocycles. The number of rotatable bonds is 8. The van der Waals surface area contributed by atoms with E-state index in [1.54, 1.807) is 48.5 Å². The first-order valence-corrected chi connectivity index (χ1v) is 10.8. The maximum Gasteiger partial charge on any atom is 0.332 e. The van der Waals surface area contributed by atoms with E-state index in [0.717, 1.165) is 19.6 Å². The number of carbonyl (C=O) groups is 2. The zero-order valence-corrected chi connectivity index (χ0v) is 18.7. The third-order valence-electron chi connectivity index (χ3n) is 4.58. The number of Topliss-reactive ketones (excluding diaryl/α,β-unsaturated/α-hetero) is 1. The molecule has 0 atom stereocenters. The lowest BCUT2D eigenvalue weighted by atomic mass is 10.2. The summed E-state index contributed by atoms with van der Waals surface area (Å²) in [6.45, 7) is -0.583. The van der Waals surface area contributed by atoms with Crippen molar-refractivity contribution in [2.24, 2.45) is 7.05 Å². The van der Waals surface area contributed by atoms with Crippen molar-refractivity contribution in [1.29, 1.82) is 0 Å². The minimum atomic E-state index is -0.839. The number of esters is 1. The number of hydrogen-bond donors (Lipinski definition) is 1. The summed E-state index contributed by atoms with van der Waals surface area (Å²) in [5, 5.41) is 0.579. The first-order chi connectivity index (χ1) is 15.3. The monoisotopic (exact) mass is 473 g/mol. The van der Waals surface area contributed by atoms with E-state index >= 15 is 0 Å². The van der Waals surface area contributed by atoms with Crippen molar-refractivity contribution < 1.29 is 14.3 Å². The van der Waals surface area contributed by atoms with Crippen LogP contribution in [0.2, 0.25) is 5.02 Å². The number of hydrogen-bond acceptors (Lipinski definition) is 7. The Morgan fingerprint density at radius 3 is 2.38 bits per heavy atom. The predicted octanol–water partition coefficient (Wildman–Crippen LogP) is 2.35. The number of ether oxygens (including phenoxy) is 1. The van der Waals surface area contributed by atoms with Crippen molar-refractivity contribution in [3.63, 3.8) is 0 Å². The summed E-state index contributed by atoms with van der Waals surface area (Å²) in [4.78, 5) is 50.6. The van der Waals surface area contributed by atoms with Gasteiger partial charge in [-0.1, -0.05) is 41.9 Å². The van der Waals surface area contributed by atoms with Gasteiger partial charge in [0.05, 0.1) is 12.3 Å². The van der Waals surface area contributed by atoms with Crippen molar-refractivity contribution in [3.8, 4) is 0 Å². The van der Waals surface area contributed by atoms with Crippen LogP contribution in [0.1, 0.15) is 15.9 Å². The average molecular weight is 474 g/mol. The van der Waals surface area contributed by atoms with Gasteiger partial charge in [-0.05, 0) is 29.8 Å². The van der Waals surface area contributed by atoms with Crippen molar-refractivity contribution in [1.82, 2.24) is 9.13 Å². The molecule has 10 heteroatoms. The van der Waals surface area contributed by atoms with E-state index in [9.17, 15) is 19.2 Å². The summed E-state index contributed by atoms with van der Waals surface area (Å²) in [5.41, 5.74) is 4.92. The van der Waals surface area contributed by atoms with E-state index in [0.29, 0.717) is 5.02 Å². The fraction of sp³-hybridized carbons (Fsp3) is 0.182. The number of halogens is 1. The SMILES string of the molecule is Cn1c(=O)c(C(=O)COC(=O)CSc2ccc(Cl)cc2)c(N)n(Cc2ccccc2)c1=O. The Kier molecular flexibility index (Phi) is 7.55. The second-order valence-electron chi connectivity index (χ2n) is 6.81. The van der Waals surface area contributed by atoms with E-state index in [1.165, 1.54) is 18.8 Å². The minimum Gasteiger partial charge on any atom is -0.457 e. The molecule has 3 aromatic rings. The lowest BCUT2D eigenvalue weighted by Gasteiger charge is -2.14. The summed E-state index contributed by atoms with van der Waals surface area (Å²) in [6.07, 6.45) is 0. The second kappa shape index (κ2) is 10.3. The van der Waals surface area contributed by atoms with Crippen LogP contribution in [-0.4, -0.2) is 33.2 Å². The maximum absolute atomic E-state index is 12.7. The molecule has 3 rings (SSSR count). The molecular weight excluding hydrogens is 454 g/mol. The van der Waals surface area contributed by atoms with Gasteiger partial charge in [-0.3, -0.25) is 23.5 Å². The minimum absolute atomic E-state index is 0.0318. The van der Waals surface area contributed by atoms with Gasteiger partial charge in [0, 0.05) is 17.0 Å². The number of thioether (sulfide) groups is 1. The fourth-order valence-electron chi connectivity index (χ4n) is 2.90. The number of aromatic nitrogens is 2. The third kappa shape index (κ3) is 5.49. The van der Waals surface area contributed by atoms with E-state index < -0.39 is 29.6 Å². The molecule has 0 aliphatic carbocycles. The van der Waals surface area contributed by atoms with Gasteiger partial charge in [0.15, 0.2) is 6.61 Å². The van der Waals surface area contributed by atoms with Gasteiger partial charge >= 0.3 is 11.7 Å². The molecule has 2 aromatic carbocycles. The molecule has 0 unspecified atom stereocenters. The number of anilines is 1. The molecule has 0 saturated carbocycles. The van der Waals surface area contributed by atoms with E-state index in [2.05, 4.69) is 0 Å². The number of ketones is 1. The van der Waals surface area contributed by atoms with E-state index in [1.807, 2.05) is 6.07 Å². The van der Waals surface area contributed by atoms with Crippen LogP contribution in [-0.2, 0) is 23.1 Å². The smallest absolute Gasteiger partial charge is 0.332 e. The molecule has 2 N–H and O–H groups in total. The molecule has 0 aliphatic rings. The van der Waals surface area contributed by atoms with Gasteiger partial charge in [0.25, 0.3) is 5.56 Å². The Labute approximate surface area is 192 Å². The van der Waals surface area contributed by atoms with Crippen LogP contribution in [0.4, 0.5) is 5.82 Å². The van der Waals surface area contributed by atoms with Crippen LogP contribution in [0.5, 0.6) is 0 Å². The van der Waals surface area contributed by atoms with Gasteiger partial charge in [0.1, 0.15) is 11.4 Å². The van der Waals surface area contributed by atoms with E-state index in [4.69, 9.17) is 22.1 Å². The lowest BCUT2D eigenvalue weighted by Crippen LogP contribution is -2.43. The highest BCUT2D eigenvalue weighted by atomic mass is 35.5. The zero-order chi connectivity index (χ0) is 23.3. The summed E-state index contributed by atoms with van der Waals surface area (Å²) >= 11 is 7.04. The van der Waals surface area contributed by atoms with E-state index in [-0.39, 0.29) is 23.7 Å². The first-order valence-electron chi connectivity index (χ1n) is 9.48. The molecule has 0 radical (unpaired) electrons. The lowest BCUT2D eigenvalue weighted by molar-refractivity contribution is -0.139. The number of nitrogens with zero attached hydrogens (tertiary/aromatic N) is 2. The molecule has 166 valence electrons. The Balaban J connectivity index is 1.72. The molecule has 0 saturated heterocycles. The molecular formula is C22H20ClN3O5S.